The van der Waals surface area contributed by atoms with E-state index in [1.54, 1.807) is 11.1 Å². The molecule has 7 rings (SSSR count). The lowest BCUT2D eigenvalue weighted by atomic mass is 9.42. The molecule has 3 heterocycles. The zero-order chi connectivity index (χ0) is 27.1. The van der Waals surface area contributed by atoms with E-state index in [9.17, 15) is 9.59 Å². The Balaban J connectivity index is 1.15. The fraction of sp³-hybridized carbons (Fsp3) is 0.533. The minimum atomic E-state index is -0.125. The van der Waals surface area contributed by atoms with Crippen LogP contribution >= 0.6 is 0 Å². The average molecular weight is 530 g/mol. The number of carbonyl (C=O) groups excluding carboxylic acids is 2. The molecule has 0 spiro atoms. The van der Waals surface area contributed by atoms with Gasteiger partial charge in [0.2, 0.25) is 11.9 Å². The van der Waals surface area contributed by atoms with Crippen LogP contribution in [0.3, 0.4) is 0 Å². The van der Waals surface area contributed by atoms with E-state index in [1.165, 1.54) is 37.3 Å². The van der Waals surface area contributed by atoms with Crippen molar-refractivity contribution >= 4 is 23.7 Å². The minimum Gasteiger partial charge on any atom is -0.348 e. The van der Waals surface area contributed by atoms with E-state index in [4.69, 9.17) is 0 Å². The summed E-state index contributed by atoms with van der Waals surface area (Å²) >= 11 is 0. The lowest BCUT2D eigenvalue weighted by Gasteiger charge is -2.64. The van der Waals surface area contributed by atoms with Gasteiger partial charge >= 0.3 is 6.03 Å². The second kappa shape index (κ2) is 10.3. The van der Waals surface area contributed by atoms with Crippen molar-refractivity contribution in [1.82, 2.24) is 25.1 Å². The molecule has 1 saturated heterocycles. The van der Waals surface area contributed by atoms with Crippen molar-refractivity contribution in [3.8, 4) is 0 Å². The summed E-state index contributed by atoms with van der Waals surface area (Å²) in [5, 5.41) is 6.29. The topological polar surface area (TPSA) is 93.7 Å². The SMILES string of the molecule is C=CC(=O)N1CCN(C(CC23CC(C2)C3)c2ccc([C@H](C)Nc3ncc4c(n3)N(CC)C(=O)NC4)cc2)CC1. The molecule has 2 N–H and O–H groups in total. The Labute approximate surface area is 230 Å². The van der Waals surface area contributed by atoms with Crippen LogP contribution in [0.2, 0.25) is 0 Å². The minimum absolute atomic E-state index is 0.00844. The third kappa shape index (κ3) is 4.88. The number of nitrogens with zero attached hydrogens (tertiary/aromatic N) is 5. The normalized spacial score (nSPS) is 25.5. The average Bonchev–Trinajstić information content (AvgIpc) is 2.91. The predicted molar refractivity (Wildman–Crippen MR) is 151 cm³/mol. The number of hydrogen-bond donors (Lipinski definition) is 2. The van der Waals surface area contributed by atoms with E-state index >= 15 is 0 Å². The van der Waals surface area contributed by atoms with E-state index in [-0.39, 0.29) is 18.0 Å². The van der Waals surface area contributed by atoms with Crippen LogP contribution in [0.25, 0.3) is 0 Å². The Morgan fingerprint density at radius 3 is 2.49 bits per heavy atom. The molecule has 39 heavy (non-hydrogen) atoms. The van der Waals surface area contributed by atoms with Crippen molar-refractivity contribution in [2.75, 3.05) is 42.9 Å². The van der Waals surface area contributed by atoms with Gasteiger partial charge in [0.05, 0.1) is 6.04 Å². The molecule has 9 heteroatoms. The molecule has 3 saturated carbocycles. The van der Waals surface area contributed by atoms with Gasteiger partial charge in [0.25, 0.3) is 0 Å². The first-order valence-corrected chi connectivity index (χ1v) is 14.3. The number of benzene rings is 1. The summed E-state index contributed by atoms with van der Waals surface area (Å²) in [6.45, 7) is 12.0. The molecule has 3 aliphatic carbocycles. The van der Waals surface area contributed by atoms with Crippen LogP contribution in [0.4, 0.5) is 16.6 Å². The number of hydrogen-bond acceptors (Lipinski definition) is 6. The van der Waals surface area contributed by atoms with Crippen LogP contribution in [0, 0.1) is 11.3 Å². The molecule has 1 aromatic carbocycles. The Morgan fingerprint density at radius 1 is 1.18 bits per heavy atom. The van der Waals surface area contributed by atoms with Gasteiger partial charge < -0.3 is 15.5 Å². The zero-order valence-corrected chi connectivity index (χ0v) is 23.0. The smallest absolute Gasteiger partial charge is 0.323 e. The van der Waals surface area contributed by atoms with Gasteiger partial charge in [0.15, 0.2) is 0 Å². The van der Waals surface area contributed by atoms with Crippen molar-refractivity contribution in [2.45, 2.75) is 58.2 Å². The maximum atomic E-state index is 12.2. The van der Waals surface area contributed by atoms with Crippen LogP contribution in [0.15, 0.2) is 43.1 Å². The van der Waals surface area contributed by atoms with Gasteiger partial charge in [-0.05, 0) is 68.1 Å². The summed E-state index contributed by atoms with van der Waals surface area (Å²) in [7, 11) is 0. The Morgan fingerprint density at radius 2 is 1.87 bits per heavy atom. The van der Waals surface area contributed by atoms with Crippen molar-refractivity contribution in [2.24, 2.45) is 11.3 Å². The van der Waals surface area contributed by atoms with Gasteiger partial charge in [0.1, 0.15) is 5.82 Å². The fourth-order valence-corrected chi connectivity index (χ4v) is 6.92. The van der Waals surface area contributed by atoms with Gasteiger partial charge in [-0.3, -0.25) is 14.6 Å². The first kappa shape index (κ1) is 25.8. The second-order valence-electron chi connectivity index (χ2n) is 11.7. The third-order valence-electron chi connectivity index (χ3n) is 9.29. The van der Waals surface area contributed by atoms with Crippen LogP contribution in [0.5, 0.6) is 0 Å². The highest BCUT2D eigenvalue weighted by atomic mass is 16.2. The monoisotopic (exact) mass is 529 g/mol. The maximum Gasteiger partial charge on any atom is 0.323 e. The van der Waals surface area contributed by atoms with Crippen molar-refractivity contribution in [3.63, 3.8) is 0 Å². The van der Waals surface area contributed by atoms with Gasteiger partial charge in [-0.1, -0.05) is 30.8 Å². The van der Waals surface area contributed by atoms with Crippen molar-refractivity contribution < 1.29 is 9.59 Å². The summed E-state index contributed by atoms with van der Waals surface area (Å²) in [4.78, 5) is 39.6. The quantitative estimate of drug-likeness (QED) is 0.472. The number of piperazine rings is 1. The summed E-state index contributed by atoms with van der Waals surface area (Å²) < 4.78 is 0. The molecule has 1 aromatic heterocycles. The number of rotatable bonds is 9. The van der Waals surface area contributed by atoms with Gasteiger partial charge in [0, 0.05) is 57.1 Å². The Kier molecular flexibility index (Phi) is 6.79. The third-order valence-corrected chi connectivity index (χ3v) is 9.29. The number of urea groups is 1. The summed E-state index contributed by atoms with van der Waals surface area (Å²) in [5.74, 6) is 2.19. The van der Waals surface area contributed by atoms with E-state index in [0.29, 0.717) is 36.3 Å². The van der Waals surface area contributed by atoms with Crippen molar-refractivity contribution in [1.29, 1.82) is 0 Å². The fourth-order valence-electron chi connectivity index (χ4n) is 6.92. The highest BCUT2D eigenvalue weighted by Gasteiger charge is 2.57. The molecule has 0 radical (unpaired) electrons. The molecule has 206 valence electrons. The number of anilines is 2. The Bertz CT molecular complexity index is 1240. The number of nitrogens with one attached hydrogen (secondary N) is 2. The number of aromatic nitrogens is 2. The summed E-state index contributed by atoms with van der Waals surface area (Å²) in [6, 6.07) is 9.24. The summed E-state index contributed by atoms with van der Waals surface area (Å²) in [5.41, 5.74) is 3.97. The lowest BCUT2D eigenvalue weighted by molar-refractivity contribution is -0.134. The number of fused-ring (bicyclic) bond motifs is 1. The maximum absolute atomic E-state index is 12.2. The predicted octanol–water partition coefficient (Wildman–Crippen LogP) is 4.26. The first-order chi connectivity index (χ1) is 18.9. The van der Waals surface area contributed by atoms with Crippen LogP contribution in [-0.4, -0.2) is 64.4 Å². The molecule has 9 nitrogen and oxygen atoms in total. The number of carbonyl (C=O) groups is 2. The lowest BCUT2D eigenvalue weighted by Crippen LogP contribution is -2.55. The van der Waals surface area contributed by atoms with Gasteiger partial charge in [-0.25, -0.2) is 9.78 Å². The summed E-state index contributed by atoms with van der Waals surface area (Å²) in [6.07, 6.45) is 8.58. The van der Waals surface area contributed by atoms with Gasteiger partial charge in [-0.2, -0.15) is 4.98 Å². The zero-order valence-electron chi connectivity index (χ0n) is 23.0. The second-order valence-corrected chi connectivity index (χ2v) is 11.7. The van der Waals surface area contributed by atoms with E-state index in [2.05, 4.69) is 63.3 Å². The van der Waals surface area contributed by atoms with Crippen LogP contribution in [-0.2, 0) is 11.3 Å². The molecule has 2 aromatic rings. The molecule has 3 amide bonds. The molecular formula is C30H39N7O2. The van der Waals surface area contributed by atoms with E-state index < -0.39 is 0 Å². The molecule has 5 aliphatic rings. The van der Waals surface area contributed by atoms with Crippen LogP contribution < -0.4 is 15.5 Å². The molecule has 2 aliphatic heterocycles. The molecular weight excluding hydrogens is 490 g/mol. The highest BCUT2D eigenvalue weighted by Crippen LogP contribution is 2.68. The number of amides is 3. The van der Waals surface area contributed by atoms with Crippen molar-refractivity contribution in [3.05, 3.63) is 59.8 Å². The van der Waals surface area contributed by atoms with E-state index in [1.807, 2.05) is 11.8 Å². The molecule has 1 unspecified atom stereocenters. The van der Waals surface area contributed by atoms with Crippen LogP contribution in [0.1, 0.15) is 68.3 Å². The highest BCUT2D eigenvalue weighted by molar-refractivity contribution is 5.93. The van der Waals surface area contributed by atoms with Gasteiger partial charge in [-0.15, -0.1) is 0 Å². The molecule has 4 fully saturated rings. The Hall–Kier alpha value is -3.46. The standard InChI is InChI=1S/C30H39N7O2/c1-4-26(38)36-12-10-35(11-13-36)25(17-30-14-21(15-30)16-30)23-8-6-22(7-9-23)20(3)33-28-31-18-24-19-32-29(39)37(5-2)27(24)34-28/h4,6-9,18,20-21,25H,1,5,10-17,19H2,2-3H3,(H,32,39)(H,31,33,34)/t20-,21?,25?,30?/m0/s1. The first-order valence-electron chi connectivity index (χ1n) is 14.3. The largest absolute Gasteiger partial charge is 0.348 e. The molecule has 2 atom stereocenters. The van der Waals surface area contributed by atoms with E-state index in [0.717, 1.165) is 43.2 Å². The molecule has 2 bridgehead atoms.